The summed E-state index contributed by atoms with van der Waals surface area (Å²) in [5.74, 6) is 0. The average molecular weight is 254 g/mol. The minimum absolute atomic E-state index is 0.365. The minimum Gasteiger partial charge on any atom is -0.202 e. The maximum absolute atomic E-state index is 11.8. The summed E-state index contributed by atoms with van der Waals surface area (Å²) in [4.78, 5) is 0. The van der Waals surface area contributed by atoms with Crippen molar-refractivity contribution in [1.82, 2.24) is 9.03 Å². The van der Waals surface area contributed by atoms with Crippen LogP contribution in [-0.4, -0.2) is 26.3 Å². The molecule has 0 saturated carbocycles. The lowest BCUT2D eigenvalue weighted by atomic mass is 10.2. The van der Waals surface area contributed by atoms with E-state index < -0.39 is 10.2 Å². The predicted molar refractivity (Wildman–Crippen MR) is 69.6 cm³/mol. The molecule has 0 saturated heterocycles. The molecule has 0 spiro atoms. The predicted octanol–water partition coefficient (Wildman–Crippen LogP) is 1.53. The summed E-state index contributed by atoms with van der Waals surface area (Å²) in [5.41, 5.74) is 0.962. The van der Waals surface area contributed by atoms with Gasteiger partial charge < -0.3 is 0 Å². The largest absolute Gasteiger partial charge is 0.279 e. The molecule has 0 aliphatic rings. The second kappa shape index (κ2) is 6.54. The molecule has 94 valence electrons. The zero-order valence-corrected chi connectivity index (χ0v) is 10.8. The van der Waals surface area contributed by atoms with Crippen molar-refractivity contribution < 1.29 is 8.42 Å². The van der Waals surface area contributed by atoms with E-state index in [4.69, 9.17) is 0 Å². The van der Waals surface area contributed by atoms with Gasteiger partial charge >= 0.3 is 0 Å². The molecule has 0 amide bonds. The smallest absolute Gasteiger partial charge is 0.202 e. The Bertz CT molecular complexity index is 443. The van der Waals surface area contributed by atoms with Gasteiger partial charge in [0.2, 0.25) is 0 Å². The summed E-state index contributed by atoms with van der Waals surface area (Å²) in [7, 11) is -1.84. The lowest BCUT2D eigenvalue weighted by Crippen LogP contribution is -2.38. The fourth-order valence-corrected chi connectivity index (χ4v) is 2.24. The standard InChI is InChI=1S/C12H18N2O2S/c1-3-4-10-13-17(15,16)14(2)11-12-8-6-5-7-9-12/h3,5-9,13H,1,4,10-11H2,2H3. The highest BCUT2D eigenvalue weighted by Crippen LogP contribution is 2.05. The molecule has 1 aromatic rings. The Morgan fingerprint density at radius 2 is 2.00 bits per heavy atom. The first-order chi connectivity index (χ1) is 8.06. The van der Waals surface area contributed by atoms with Crippen LogP contribution in [0.25, 0.3) is 0 Å². The van der Waals surface area contributed by atoms with Gasteiger partial charge in [0, 0.05) is 20.1 Å². The van der Waals surface area contributed by atoms with Gasteiger partial charge in [-0.05, 0) is 12.0 Å². The zero-order valence-electron chi connectivity index (χ0n) is 9.96. The number of nitrogens with one attached hydrogen (secondary N) is 1. The Labute approximate surface area is 103 Å². The van der Waals surface area contributed by atoms with Crippen LogP contribution in [0, 0.1) is 0 Å². The van der Waals surface area contributed by atoms with Gasteiger partial charge in [-0.15, -0.1) is 6.58 Å². The molecule has 0 unspecified atom stereocenters. The van der Waals surface area contributed by atoms with E-state index in [0.717, 1.165) is 5.56 Å². The van der Waals surface area contributed by atoms with Crippen LogP contribution in [0.4, 0.5) is 0 Å². The first-order valence-corrected chi connectivity index (χ1v) is 6.86. The van der Waals surface area contributed by atoms with E-state index in [0.29, 0.717) is 19.5 Å². The summed E-state index contributed by atoms with van der Waals surface area (Å²) in [6.07, 6.45) is 2.30. The average Bonchev–Trinajstić information content (AvgIpc) is 2.30. The van der Waals surface area contributed by atoms with E-state index in [9.17, 15) is 8.42 Å². The molecule has 1 N–H and O–H groups in total. The van der Waals surface area contributed by atoms with Crippen molar-refractivity contribution in [2.45, 2.75) is 13.0 Å². The maximum Gasteiger partial charge on any atom is 0.279 e. The van der Waals surface area contributed by atoms with E-state index in [1.54, 1.807) is 13.1 Å². The van der Waals surface area contributed by atoms with Crippen molar-refractivity contribution in [2.75, 3.05) is 13.6 Å². The quantitative estimate of drug-likeness (QED) is 0.592. The van der Waals surface area contributed by atoms with Crippen molar-refractivity contribution in [3.63, 3.8) is 0 Å². The molecule has 0 aliphatic carbocycles. The van der Waals surface area contributed by atoms with E-state index >= 15 is 0 Å². The second-order valence-electron chi connectivity index (χ2n) is 3.72. The van der Waals surface area contributed by atoms with Crippen LogP contribution in [0.1, 0.15) is 12.0 Å². The van der Waals surface area contributed by atoms with Gasteiger partial charge in [0.1, 0.15) is 0 Å². The van der Waals surface area contributed by atoms with E-state index in [2.05, 4.69) is 11.3 Å². The number of hydrogen-bond acceptors (Lipinski definition) is 2. The zero-order chi connectivity index (χ0) is 12.7. The fraction of sp³-hybridized carbons (Fsp3) is 0.333. The Kier molecular flexibility index (Phi) is 5.34. The second-order valence-corrected chi connectivity index (χ2v) is 5.58. The van der Waals surface area contributed by atoms with Crippen LogP contribution in [0.3, 0.4) is 0 Å². The van der Waals surface area contributed by atoms with Gasteiger partial charge in [-0.3, -0.25) is 0 Å². The number of rotatable bonds is 7. The van der Waals surface area contributed by atoms with Crippen LogP contribution in [0.15, 0.2) is 43.0 Å². The van der Waals surface area contributed by atoms with Crippen molar-refractivity contribution in [1.29, 1.82) is 0 Å². The normalized spacial score (nSPS) is 11.6. The summed E-state index contributed by atoms with van der Waals surface area (Å²) < 4.78 is 27.4. The number of benzene rings is 1. The molecule has 0 bridgehead atoms. The maximum atomic E-state index is 11.8. The first-order valence-electron chi connectivity index (χ1n) is 5.42. The van der Waals surface area contributed by atoms with Crippen LogP contribution in [-0.2, 0) is 16.8 Å². The molecule has 17 heavy (non-hydrogen) atoms. The third kappa shape index (κ3) is 4.68. The molecular weight excluding hydrogens is 236 g/mol. The third-order valence-electron chi connectivity index (χ3n) is 2.29. The highest BCUT2D eigenvalue weighted by atomic mass is 32.2. The van der Waals surface area contributed by atoms with Crippen molar-refractivity contribution in [3.05, 3.63) is 48.6 Å². The van der Waals surface area contributed by atoms with Crippen LogP contribution in [0.5, 0.6) is 0 Å². The van der Waals surface area contributed by atoms with E-state index in [1.165, 1.54) is 4.31 Å². The summed E-state index contributed by atoms with van der Waals surface area (Å²) >= 11 is 0. The molecule has 1 aromatic carbocycles. The summed E-state index contributed by atoms with van der Waals surface area (Å²) in [6.45, 7) is 4.29. The summed E-state index contributed by atoms with van der Waals surface area (Å²) in [6, 6.07) is 9.48. The van der Waals surface area contributed by atoms with Crippen molar-refractivity contribution >= 4 is 10.2 Å². The molecule has 0 fully saturated rings. The molecule has 0 aliphatic heterocycles. The molecule has 0 heterocycles. The SMILES string of the molecule is C=CCCNS(=O)(=O)N(C)Cc1ccccc1. The van der Waals surface area contributed by atoms with Gasteiger partial charge in [-0.1, -0.05) is 36.4 Å². The van der Waals surface area contributed by atoms with Crippen LogP contribution < -0.4 is 4.72 Å². The van der Waals surface area contributed by atoms with Gasteiger partial charge in [0.05, 0.1) is 0 Å². The lowest BCUT2D eigenvalue weighted by Gasteiger charge is -2.17. The van der Waals surface area contributed by atoms with Gasteiger partial charge in [-0.25, -0.2) is 4.72 Å². The molecule has 0 aromatic heterocycles. The van der Waals surface area contributed by atoms with E-state index in [1.807, 2.05) is 30.3 Å². The third-order valence-corrected chi connectivity index (χ3v) is 3.81. The van der Waals surface area contributed by atoms with Gasteiger partial charge in [0.15, 0.2) is 0 Å². The van der Waals surface area contributed by atoms with Gasteiger partial charge in [-0.2, -0.15) is 12.7 Å². The fourth-order valence-electron chi connectivity index (χ4n) is 1.33. The molecular formula is C12H18N2O2S. The highest BCUT2D eigenvalue weighted by Gasteiger charge is 2.16. The van der Waals surface area contributed by atoms with Crippen molar-refractivity contribution in [3.8, 4) is 0 Å². The Balaban J connectivity index is 2.57. The summed E-state index contributed by atoms with van der Waals surface area (Å²) in [5, 5.41) is 0. The molecule has 1 rings (SSSR count). The lowest BCUT2D eigenvalue weighted by molar-refractivity contribution is 0.455. The van der Waals surface area contributed by atoms with Gasteiger partial charge in [0.25, 0.3) is 10.2 Å². The van der Waals surface area contributed by atoms with Crippen LogP contribution in [0.2, 0.25) is 0 Å². The molecule has 0 atom stereocenters. The topological polar surface area (TPSA) is 49.4 Å². The number of nitrogens with zero attached hydrogens (tertiary/aromatic N) is 1. The monoisotopic (exact) mass is 254 g/mol. The first kappa shape index (κ1) is 13.9. The number of hydrogen-bond donors (Lipinski definition) is 1. The molecule has 5 heteroatoms. The molecule has 4 nitrogen and oxygen atoms in total. The van der Waals surface area contributed by atoms with E-state index in [-0.39, 0.29) is 0 Å². The Hall–Kier alpha value is -1.17. The highest BCUT2D eigenvalue weighted by molar-refractivity contribution is 7.87. The Morgan fingerprint density at radius 1 is 1.35 bits per heavy atom. The van der Waals surface area contributed by atoms with Crippen LogP contribution >= 0.6 is 0 Å². The molecule has 0 radical (unpaired) electrons. The minimum atomic E-state index is -3.40. The Morgan fingerprint density at radius 3 is 2.59 bits per heavy atom. The van der Waals surface area contributed by atoms with Crippen molar-refractivity contribution in [2.24, 2.45) is 0 Å².